The quantitative estimate of drug-likeness (QED) is 0.704. The molecular formula is C12H16BN3O2. The highest BCUT2D eigenvalue weighted by Gasteiger charge is 2.52. The molecule has 0 saturated carbocycles. The smallest absolute Gasteiger partial charge is 0.398 e. The van der Waals surface area contributed by atoms with E-state index in [1.54, 1.807) is 12.5 Å². The lowest BCUT2D eigenvalue weighted by atomic mass is 9.84. The van der Waals surface area contributed by atoms with Gasteiger partial charge in [-0.2, -0.15) is 0 Å². The Balaban J connectivity index is 1.96. The van der Waals surface area contributed by atoms with Crippen molar-refractivity contribution >= 4 is 18.4 Å². The largest absolute Gasteiger partial charge is 0.514 e. The van der Waals surface area contributed by atoms with Gasteiger partial charge >= 0.3 is 7.12 Å². The van der Waals surface area contributed by atoms with Crippen LogP contribution >= 0.6 is 0 Å². The highest BCUT2D eigenvalue weighted by atomic mass is 16.7. The van der Waals surface area contributed by atoms with Crippen LogP contribution in [0.25, 0.3) is 5.65 Å². The van der Waals surface area contributed by atoms with E-state index in [0.29, 0.717) is 0 Å². The number of rotatable bonds is 1. The summed E-state index contributed by atoms with van der Waals surface area (Å²) in [5, 5.41) is 0. The number of hydrogen-bond donors (Lipinski definition) is 0. The van der Waals surface area contributed by atoms with Crippen LogP contribution in [0.3, 0.4) is 0 Å². The van der Waals surface area contributed by atoms with Crippen molar-refractivity contribution in [1.29, 1.82) is 0 Å². The van der Waals surface area contributed by atoms with Crippen molar-refractivity contribution in [1.82, 2.24) is 14.4 Å². The first-order chi connectivity index (χ1) is 8.39. The molecule has 1 aliphatic heterocycles. The molecule has 2 aromatic rings. The summed E-state index contributed by atoms with van der Waals surface area (Å²) < 4.78 is 13.8. The van der Waals surface area contributed by atoms with Crippen LogP contribution < -0.4 is 5.59 Å². The van der Waals surface area contributed by atoms with Gasteiger partial charge in [-0.05, 0) is 33.8 Å². The van der Waals surface area contributed by atoms with Gasteiger partial charge in [-0.3, -0.25) is 4.40 Å². The Bertz CT molecular complexity index is 578. The summed E-state index contributed by atoms with van der Waals surface area (Å²) in [6.07, 6.45) is 5.32. The fraction of sp³-hybridized carbons (Fsp3) is 0.500. The van der Waals surface area contributed by atoms with E-state index in [1.807, 2.05) is 44.4 Å². The molecule has 0 aliphatic carbocycles. The van der Waals surface area contributed by atoms with Crippen molar-refractivity contribution in [2.75, 3.05) is 0 Å². The maximum Gasteiger partial charge on any atom is 0.514 e. The average Bonchev–Trinajstić information content (AvgIpc) is 2.80. The number of fused-ring (bicyclic) bond motifs is 1. The summed E-state index contributed by atoms with van der Waals surface area (Å²) in [5.41, 5.74) is 0.906. The van der Waals surface area contributed by atoms with Crippen LogP contribution in [0.1, 0.15) is 27.7 Å². The third kappa shape index (κ3) is 1.64. The number of nitrogens with zero attached hydrogens (tertiary/aromatic N) is 3. The van der Waals surface area contributed by atoms with Gasteiger partial charge in [0.1, 0.15) is 5.65 Å². The van der Waals surface area contributed by atoms with E-state index < -0.39 is 7.12 Å². The third-order valence-electron chi connectivity index (χ3n) is 3.80. The minimum absolute atomic E-state index is 0.346. The highest BCUT2D eigenvalue weighted by Crippen LogP contribution is 2.36. The molecule has 18 heavy (non-hydrogen) atoms. The van der Waals surface area contributed by atoms with E-state index in [-0.39, 0.29) is 11.2 Å². The molecule has 6 heteroatoms. The summed E-state index contributed by atoms with van der Waals surface area (Å²) in [6.45, 7) is 8.12. The molecule has 5 nitrogen and oxygen atoms in total. The highest BCUT2D eigenvalue weighted by molar-refractivity contribution is 6.61. The molecule has 0 aromatic carbocycles. The van der Waals surface area contributed by atoms with Crippen LogP contribution in [-0.2, 0) is 9.31 Å². The maximum absolute atomic E-state index is 5.95. The molecule has 0 radical (unpaired) electrons. The zero-order valence-corrected chi connectivity index (χ0v) is 11.0. The second-order valence-corrected chi connectivity index (χ2v) is 5.59. The molecule has 1 fully saturated rings. The lowest BCUT2D eigenvalue weighted by Crippen LogP contribution is -2.41. The molecular weight excluding hydrogens is 229 g/mol. The van der Waals surface area contributed by atoms with E-state index in [1.165, 1.54) is 0 Å². The molecule has 0 atom stereocenters. The fourth-order valence-corrected chi connectivity index (χ4v) is 1.93. The molecule has 2 aromatic heterocycles. The van der Waals surface area contributed by atoms with Gasteiger partial charge in [0.15, 0.2) is 0 Å². The Morgan fingerprint density at radius 3 is 2.44 bits per heavy atom. The molecule has 0 unspecified atom stereocenters. The monoisotopic (exact) mass is 245 g/mol. The second-order valence-electron chi connectivity index (χ2n) is 5.59. The molecule has 1 saturated heterocycles. The number of aromatic nitrogens is 3. The van der Waals surface area contributed by atoms with Crippen LogP contribution in [0.5, 0.6) is 0 Å². The van der Waals surface area contributed by atoms with Crippen molar-refractivity contribution in [3.05, 3.63) is 24.8 Å². The van der Waals surface area contributed by atoms with E-state index in [2.05, 4.69) is 9.97 Å². The molecule has 3 heterocycles. The van der Waals surface area contributed by atoms with Gasteiger partial charge in [0.25, 0.3) is 0 Å². The van der Waals surface area contributed by atoms with Gasteiger partial charge in [-0.15, -0.1) is 0 Å². The van der Waals surface area contributed by atoms with Crippen molar-refractivity contribution in [3.8, 4) is 0 Å². The summed E-state index contributed by atoms with van der Waals surface area (Å²) in [7, 11) is -0.434. The molecule has 3 rings (SSSR count). The van der Waals surface area contributed by atoms with Crippen molar-refractivity contribution in [3.63, 3.8) is 0 Å². The Morgan fingerprint density at radius 2 is 1.78 bits per heavy atom. The lowest BCUT2D eigenvalue weighted by Gasteiger charge is -2.32. The topological polar surface area (TPSA) is 48.7 Å². The minimum atomic E-state index is -0.434. The standard InChI is InChI=1S/C12H16BN3O2/c1-11(2)12(3,4)18-13(17-11)9-7-10-14-5-6-16(10)8-15-9/h5-8H,1-4H3. The predicted octanol–water partition coefficient (Wildman–Crippen LogP) is 1.03. The zero-order valence-electron chi connectivity index (χ0n) is 11.0. The third-order valence-corrected chi connectivity index (χ3v) is 3.80. The second kappa shape index (κ2) is 3.55. The first-order valence-corrected chi connectivity index (χ1v) is 6.03. The van der Waals surface area contributed by atoms with Crippen LogP contribution in [0.4, 0.5) is 0 Å². The Labute approximate surface area is 106 Å². The van der Waals surface area contributed by atoms with Crippen LogP contribution in [0.15, 0.2) is 24.8 Å². The van der Waals surface area contributed by atoms with E-state index in [4.69, 9.17) is 9.31 Å². The van der Waals surface area contributed by atoms with Crippen LogP contribution in [0, 0.1) is 0 Å². The predicted molar refractivity (Wildman–Crippen MR) is 68.7 cm³/mol. The first kappa shape index (κ1) is 11.7. The zero-order chi connectivity index (χ0) is 13.0. The molecule has 94 valence electrons. The summed E-state index contributed by atoms with van der Waals surface area (Å²) in [4.78, 5) is 8.60. The van der Waals surface area contributed by atoms with Gasteiger partial charge in [-0.25, -0.2) is 9.97 Å². The van der Waals surface area contributed by atoms with Crippen LogP contribution in [-0.4, -0.2) is 32.7 Å². The summed E-state index contributed by atoms with van der Waals surface area (Å²) >= 11 is 0. The van der Waals surface area contributed by atoms with Gasteiger partial charge in [0, 0.05) is 12.4 Å². The lowest BCUT2D eigenvalue weighted by molar-refractivity contribution is 0.00578. The Morgan fingerprint density at radius 1 is 1.11 bits per heavy atom. The minimum Gasteiger partial charge on any atom is -0.398 e. The molecule has 0 N–H and O–H groups in total. The molecule has 1 aliphatic rings. The van der Waals surface area contributed by atoms with Gasteiger partial charge in [-0.1, -0.05) is 0 Å². The maximum atomic E-state index is 5.95. The van der Waals surface area contributed by atoms with Crippen LogP contribution in [0.2, 0.25) is 0 Å². The van der Waals surface area contributed by atoms with E-state index in [9.17, 15) is 0 Å². The van der Waals surface area contributed by atoms with Crippen molar-refractivity contribution in [2.24, 2.45) is 0 Å². The Hall–Kier alpha value is -1.40. The van der Waals surface area contributed by atoms with Crippen molar-refractivity contribution in [2.45, 2.75) is 38.9 Å². The van der Waals surface area contributed by atoms with E-state index in [0.717, 1.165) is 11.2 Å². The van der Waals surface area contributed by atoms with Gasteiger partial charge in [0.2, 0.25) is 0 Å². The molecule has 0 spiro atoms. The van der Waals surface area contributed by atoms with Gasteiger partial charge < -0.3 is 9.31 Å². The summed E-state index contributed by atoms with van der Waals surface area (Å²) in [5.74, 6) is 0. The van der Waals surface area contributed by atoms with E-state index >= 15 is 0 Å². The number of hydrogen-bond acceptors (Lipinski definition) is 4. The Kier molecular flexibility index (Phi) is 2.31. The SMILES string of the molecule is CC1(C)OB(c2cc3nccn3cn2)OC1(C)C. The van der Waals surface area contributed by atoms with Crippen molar-refractivity contribution < 1.29 is 9.31 Å². The molecule has 0 bridgehead atoms. The average molecular weight is 245 g/mol. The normalized spacial score (nSPS) is 21.7. The van der Waals surface area contributed by atoms with Gasteiger partial charge in [0.05, 0.1) is 23.1 Å². The first-order valence-electron chi connectivity index (χ1n) is 6.03. The fourth-order valence-electron chi connectivity index (χ4n) is 1.93. The summed E-state index contributed by atoms with van der Waals surface area (Å²) in [6, 6.07) is 1.89. The number of imidazole rings is 1. The molecule has 0 amide bonds.